The zero-order valence-electron chi connectivity index (χ0n) is 15.6. The van der Waals surface area contributed by atoms with Gasteiger partial charge in [0.2, 0.25) is 17.8 Å². The summed E-state index contributed by atoms with van der Waals surface area (Å²) in [5.41, 5.74) is 1.59. The van der Waals surface area contributed by atoms with Crippen LogP contribution in [0.3, 0.4) is 0 Å². The van der Waals surface area contributed by atoms with Crippen molar-refractivity contribution in [2.24, 2.45) is 0 Å². The molecule has 0 atom stereocenters. The summed E-state index contributed by atoms with van der Waals surface area (Å²) in [5.74, 6) is -2.04. The quantitative estimate of drug-likeness (QED) is 0.510. The molecular formula is C21H16F3N5. The molecule has 0 aromatic carbocycles. The van der Waals surface area contributed by atoms with Gasteiger partial charge in [0.1, 0.15) is 5.69 Å². The first-order valence-electron chi connectivity index (χ1n) is 8.83. The van der Waals surface area contributed by atoms with E-state index >= 15 is 0 Å². The molecule has 0 saturated carbocycles. The second-order valence-corrected chi connectivity index (χ2v) is 6.99. The van der Waals surface area contributed by atoms with Crippen LogP contribution in [0, 0.1) is 17.8 Å². The van der Waals surface area contributed by atoms with Crippen molar-refractivity contribution in [3.8, 4) is 22.8 Å². The number of pyridine rings is 3. The Morgan fingerprint density at radius 3 is 2.07 bits per heavy atom. The lowest BCUT2D eigenvalue weighted by Gasteiger charge is -2.24. The Morgan fingerprint density at radius 2 is 1.45 bits per heavy atom. The van der Waals surface area contributed by atoms with Crippen LogP contribution in [-0.2, 0) is 5.41 Å². The van der Waals surface area contributed by atoms with Crippen molar-refractivity contribution in [1.82, 2.24) is 24.9 Å². The van der Waals surface area contributed by atoms with Gasteiger partial charge in [-0.15, -0.1) is 0 Å². The van der Waals surface area contributed by atoms with Gasteiger partial charge in [-0.25, -0.2) is 9.97 Å². The summed E-state index contributed by atoms with van der Waals surface area (Å²) >= 11 is 0. The topological polar surface area (TPSA) is 67.3 Å². The minimum atomic E-state index is -0.924. The summed E-state index contributed by atoms with van der Waals surface area (Å²) < 4.78 is 40.5. The molecule has 0 bridgehead atoms. The highest BCUT2D eigenvalue weighted by Crippen LogP contribution is 2.31. The largest absolute Gasteiger partial charge is 0.314 e. The van der Waals surface area contributed by atoms with E-state index in [9.17, 15) is 13.2 Å². The van der Waals surface area contributed by atoms with Crippen LogP contribution in [0.5, 0.6) is 0 Å². The fraction of sp³-hybridized carbons (Fsp3) is 0.143. The first kappa shape index (κ1) is 18.8. The smallest absolute Gasteiger partial charge is 0.224 e. The minimum absolute atomic E-state index is 0.108. The van der Waals surface area contributed by atoms with Crippen molar-refractivity contribution in [1.29, 1.82) is 0 Å². The second kappa shape index (κ2) is 7.12. The van der Waals surface area contributed by atoms with Crippen LogP contribution in [0.25, 0.3) is 22.8 Å². The molecule has 0 aliphatic heterocycles. The zero-order valence-corrected chi connectivity index (χ0v) is 15.6. The number of halogens is 3. The molecule has 0 saturated heterocycles. The number of H-pyrrole nitrogens is 1. The Kier molecular flexibility index (Phi) is 4.62. The van der Waals surface area contributed by atoms with E-state index in [-0.39, 0.29) is 5.56 Å². The Hall–Kier alpha value is -3.55. The lowest BCUT2D eigenvalue weighted by Crippen LogP contribution is -2.22. The third-order valence-corrected chi connectivity index (χ3v) is 4.66. The Labute approximate surface area is 164 Å². The third-order valence-electron chi connectivity index (χ3n) is 4.66. The molecule has 4 aromatic heterocycles. The number of rotatable bonds is 4. The fourth-order valence-electron chi connectivity index (χ4n) is 3.01. The van der Waals surface area contributed by atoms with Gasteiger partial charge in [-0.2, -0.15) is 18.2 Å². The maximum Gasteiger partial charge on any atom is 0.224 e. The molecule has 0 aliphatic rings. The molecule has 0 amide bonds. The SMILES string of the molecule is CC(C)(c1cccc(-c2ncc(F)[nH]2)n1)c1cccc(-c2ccc(F)nc2F)n1. The predicted octanol–water partition coefficient (Wildman–Crippen LogP) is 4.67. The van der Waals surface area contributed by atoms with E-state index in [0.717, 1.165) is 12.3 Å². The van der Waals surface area contributed by atoms with E-state index in [1.165, 1.54) is 6.07 Å². The summed E-state index contributed by atoms with van der Waals surface area (Å²) in [6, 6.07) is 12.9. The highest BCUT2D eigenvalue weighted by atomic mass is 19.1. The number of nitrogens with one attached hydrogen (secondary N) is 1. The van der Waals surface area contributed by atoms with E-state index in [0.29, 0.717) is 28.6 Å². The average molecular weight is 395 g/mol. The van der Waals surface area contributed by atoms with Crippen LogP contribution < -0.4 is 0 Å². The van der Waals surface area contributed by atoms with Gasteiger partial charge in [-0.05, 0) is 50.2 Å². The number of aromatic nitrogens is 5. The zero-order chi connectivity index (χ0) is 20.6. The van der Waals surface area contributed by atoms with Crippen LogP contribution in [0.15, 0.2) is 54.7 Å². The van der Waals surface area contributed by atoms with Crippen molar-refractivity contribution in [2.75, 3.05) is 0 Å². The maximum atomic E-state index is 14.1. The summed E-state index contributed by atoms with van der Waals surface area (Å²) in [5, 5.41) is 0. The summed E-state index contributed by atoms with van der Waals surface area (Å²) in [4.78, 5) is 18.9. The highest BCUT2D eigenvalue weighted by Gasteiger charge is 2.27. The number of imidazole rings is 1. The summed E-state index contributed by atoms with van der Waals surface area (Å²) in [6.45, 7) is 3.85. The van der Waals surface area contributed by atoms with Gasteiger partial charge in [0.15, 0.2) is 5.82 Å². The van der Waals surface area contributed by atoms with Crippen LogP contribution in [0.1, 0.15) is 25.2 Å². The Bertz CT molecular complexity index is 1190. The Morgan fingerprint density at radius 1 is 0.793 bits per heavy atom. The lowest BCUT2D eigenvalue weighted by atomic mass is 9.84. The molecule has 0 radical (unpaired) electrons. The highest BCUT2D eigenvalue weighted by molar-refractivity contribution is 5.59. The third kappa shape index (κ3) is 3.61. The first-order chi connectivity index (χ1) is 13.8. The molecule has 146 valence electrons. The van der Waals surface area contributed by atoms with Gasteiger partial charge in [-0.1, -0.05) is 12.1 Å². The van der Waals surface area contributed by atoms with Crippen molar-refractivity contribution in [3.63, 3.8) is 0 Å². The standard InChI is InChI=1S/C21H16F3N5/c1-21(2,16-8-4-6-14(27-16)20-25-11-18(23)29-20)15-7-3-5-13(26-15)12-9-10-17(22)28-19(12)24/h3-11H,1-2H3,(H,25,29). The van der Waals surface area contributed by atoms with Crippen LogP contribution in [0.4, 0.5) is 13.2 Å². The molecule has 0 spiro atoms. The number of hydrogen-bond donors (Lipinski definition) is 1. The van der Waals surface area contributed by atoms with Crippen molar-refractivity contribution in [2.45, 2.75) is 19.3 Å². The lowest BCUT2D eigenvalue weighted by molar-refractivity contribution is 0.514. The van der Waals surface area contributed by atoms with E-state index < -0.39 is 23.3 Å². The number of hydrogen-bond acceptors (Lipinski definition) is 4. The number of aromatic amines is 1. The first-order valence-corrected chi connectivity index (χ1v) is 8.83. The molecule has 4 heterocycles. The molecule has 5 nitrogen and oxygen atoms in total. The van der Waals surface area contributed by atoms with E-state index in [4.69, 9.17) is 0 Å². The van der Waals surface area contributed by atoms with E-state index in [1.54, 1.807) is 30.3 Å². The molecule has 29 heavy (non-hydrogen) atoms. The molecule has 0 unspecified atom stereocenters. The summed E-state index contributed by atoms with van der Waals surface area (Å²) in [7, 11) is 0. The number of nitrogens with zero attached hydrogens (tertiary/aromatic N) is 4. The molecule has 4 rings (SSSR count). The predicted molar refractivity (Wildman–Crippen MR) is 101 cm³/mol. The van der Waals surface area contributed by atoms with Gasteiger partial charge in [0, 0.05) is 5.41 Å². The van der Waals surface area contributed by atoms with E-state index in [1.807, 2.05) is 19.9 Å². The minimum Gasteiger partial charge on any atom is -0.314 e. The fourth-order valence-corrected chi connectivity index (χ4v) is 3.01. The van der Waals surface area contributed by atoms with Gasteiger partial charge >= 0.3 is 0 Å². The molecule has 1 N–H and O–H groups in total. The normalized spacial score (nSPS) is 11.6. The Balaban J connectivity index is 1.74. The monoisotopic (exact) mass is 395 g/mol. The van der Waals surface area contributed by atoms with Crippen molar-refractivity contribution < 1.29 is 13.2 Å². The molecular weight excluding hydrogens is 379 g/mol. The van der Waals surface area contributed by atoms with Crippen LogP contribution >= 0.6 is 0 Å². The maximum absolute atomic E-state index is 14.1. The van der Waals surface area contributed by atoms with Gasteiger partial charge in [0.05, 0.1) is 28.8 Å². The van der Waals surface area contributed by atoms with Crippen LogP contribution in [-0.4, -0.2) is 24.9 Å². The average Bonchev–Trinajstić information content (AvgIpc) is 3.14. The molecule has 8 heteroatoms. The second-order valence-electron chi connectivity index (χ2n) is 6.99. The van der Waals surface area contributed by atoms with Crippen LogP contribution in [0.2, 0.25) is 0 Å². The van der Waals surface area contributed by atoms with Gasteiger partial charge in [-0.3, -0.25) is 4.98 Å². The molecule has 0 aliphatic carbocycles. The molecule has 4 aromatic rings. The summed E-state index contributed by atoms with van der Waals surface area (Å²) in [6.07, 6.45) is 1.09. The van der Waals surface area contributed by atoms with Crippen molar-refractivity contribution >= 4 is 0 Å². The van der Waals surface area contributed by atoms with Crippen molar-refractivity contribution in [3.05, 3.63) is 84.0 Å². The van der Waals surface area contributed by atoms with E-state index in [2.05, 4.69) is 24.9 Å². The van der Waals surface area contributed by atoms with Gasteiger partial charge < -0.3 is 4.98 Å². The van der Waals surface area contributed by atoms with Gasteiger partial charge in [0.25, 0.3) is 0 Å². The molecule has 0 fully saturated rings.